The topological polar surface area (TPSA) is 78.9 Å². The molecule has 0 aliphatic rings. The lowest BCUT2D eigenvalue weighted by molar-refractivity contribution is -0.167. The van der Waals surface area contributed by atoms with Crippen molar-refractivity contribution in [2.24, 2.45) is 0 Å². The molecule has 0 rings (SSSR count). The maximum Gasteiger partial charge on any atom is 0.306 e. The molecule has 73 heavy (non-hydrogen) atoms. The van der Waals surface area contributed by atoms with Crippen molar-refractivity contribution < 1.29 is 28.6 Å². The number of carbonyl (C=O) groups is 3. The van der Waals surface area contributed by atoms with Gasteiger partial charge in [-0.25, -0.2) is 0 Å². The van der Waals surface area contributed by atoms with Crippen LogP contribution in [-0.4, -0.2) is 37.2 Å². The predicted octanol–water partition coefficient (Wildman–Crippen LogP) is 20.0. The van der Waals surface area contributed by atoms with Crippen molar-refractivity contribution in [2.75, 3.05) is 13.2 Å². The van der Waals surface area contributed by atoms with Crippen molar-refractivity contribution in [3.8, 4) is 0 Å². The van der Waals surface area contributed by atoms with Gasteiger partial charge in [0.2, 0.25) is 0 Å². The van der Waals surface area contributed by atoms with E-state index in [1.54, 1.807) is 0 Å². The van der Waals surface area contributed by atoms with Crippen molar-refractivity contribution in [3.05, 3.63) is 146 Å². The summed E-state index contributed by atoms with van der Waals surface area (Å²) in [6, 6.07) is 0. The molecule has 0 spiro atoms. The van der Waals surface area contributed by atoms with E-state index in [1.807, 2.05) is 0 Å². The van der Waals surface area contributed by atoms with Crippen LogP contribution in [0.15, 0.2) is 146 Å². The van der Waals surface area contributed by atoms with E-state index < -0.39 is 6.10 Å². The zero-order valence-electron chi connectivity index (χ0n) is 46.8. The molecule has 0 heterocycles. The van der Waals surface area contributed by atoms with Gasteiger partial charge in [-0.1, -0.05) is 218 Å². The second kappa shape index (κ2) is 59.8. The van der Waals surface area contributed by atoms with Crippen LogP contribution in [0.5, 0.6) is 0 Å². The Morgan fingerprint density at radius 3 is 0.836 bits per heavy atom. The number of rotatable bonds is 51. The first-order valence-electron chi connectivity index (χ1n) is 29.3. The second-order valence-electron chi connectivity index (χ2n) is 18.8. The van der Waals surface area contributed by atoms with Crippen molar-refractivity contribution in [1.29, 1.82) is 0 Å². The summed E-state index contributed by atoms with van der Waals surface area (Å²) in [4.78, 5) is 38.2. The summed E-state index contributed by atoms with van der Waals surface area (Å²) in [7, 11) is 0. The van der Waals surface area contributed by atoms with Crippen LogP contribution >= 0.6 is 0 Å². The fourth-order valence-electron chi connectivity index (χ4n) is 7.40. The van der Waals surface area contributed by atoms with Crippen LogP contribution < -0.4 is 0 Å². The molecule has 0 unspecified atom stereocenters. The molecule has 0 aliphatic carbocycles. The van der Waals surface area contributed by atoms with Crippen LogP contribution in [0.1, 0.15) is 239 Å². The zero-order valence-corrected chi connectivity index (χ0v) is 46.8. The van der Waals surface area contributed by atoms with Crippen molar-refractivity contribution in [1.82, 2.24) is 0 Å². The fourth-order valence-corrected chi connectivity index (χ4v) is 7.40. The summed E-state index contributed by atoms with van der Waals surface area (Å²) in [6.07, 6.45) is 85.4. The lowest BCUT2D eigenvalue weighted by atomic mass is 10.1. The Bertz CT molecular complexity index is 1550. The Morgan fingerprint density at radius 1 is 0.288 bits per heavy atom. The molecule has 0 aromatic heterocycles. The Labute approximate surface area is 448 Å². The monoisotopic (exact) mass is 1010 g/mol. The lowest BCUT2D eigenvalue weighted by Gasteiger charge is -2.18. The molecule has 410 valence electrons. The molecule has 0 amide bonds. The van der Waals surface area contributed by atoms with E-state index in [-0.39, 0.29) is 37.5 Å². The maximum absolute atomic E-state index is 12.9. The average Bonchev–Trinajstić information content (AvgIpc) is 3.39. The number of esters is 3. The number of hydrogen-bond acceptors (Lipinski definition) is 6. The van der Waals surface area contributed by atoms with Gasteiger partial charge in [-0.15, -0.1) is 0 Å². The van der Waals surface area contributed by atoms with E-state index in [0.717, 1.165) is 148 Å². The molecule has 0 fully saturated rings. The highest BCUT2D eigenvalue weighted by Crippen LogP contribution is 2.12. The average molecular weight is 1010 g/mol. The van der Waals surface area contributed by atoms with E-state index in [1.165, 1.54) is 51.4 Å². The third kappa shape index (κ3) is 58.1. The van der Waals surface area contributed by atoms with Gasteiger partial charge in [0, 0.05) is 19.3 Å². The van der Waals surface area contributed by atoms with Crippen LogP contribution in [0.4, 0.5) is 0 Å². The van der Waals surface area contributed by atoms with E-state index in [0.29, 0.717) is 12.8 Å². The molecule has 0 radical (unpaired) electrons. The minimum atomic E-state index is -0.825. The molecule has 0 aliphatic heterocycles. The third-order valence-corrected chi connectivity index (χ3v) is 11.8. The molecule has 0 saturated heterocycles. The van der Waals surface area contributed by atoms with Gasteiger partial charge in [0.15, 0.2) is 6.10 Å². The second-order valence-corrected chi connectivity index (χ2v) is 18.8. The number of allylic oxidation sites excluding steroid dienone is 24. The largest absolute Gasteiger partial charge is 0.462 e. The summed E-state index contributed by atoms with van der Waals surface area (Å²) in [5.41, 5.74) is 0. The van der Waals surface area contributed by atoms with Crippen LogP contribution in [-0.2, 0) is 28.6 Å². The van der Waals surface area contributed by atoms with Crippen molar-refractivity contribution in [3.63, 3.8) is 0 Å². The van der Waals surface area contributed by atoms with Gasteiger partial charge >= 0.3 is 17.9 Å². The van der Waals surface area contributed by atoms with Crippen LogP contribution in [0.2, 0.25) is 0 Å². The molecule has 6 heteroatoms. The van der Waals surface area contributed by atoms with E-state index in [9.17, 15) is 14.4 Å². The lowest BCUT2D eigenvalue weighted by Crippen LogP contribution is -2.30. The summed E-state index contributed by atoms with van der Waals surface area (Å²) in [6.45, 7) is 6.38. The SMILES string of the molecule is CC/C=C\C/C=C\C/C=C\C/C=C\CCCCCCC(=O)OC(COC(=O)CCCCC/C=C\C/C=C\C/C=C\C/C=C\CCCCC)COC(=O)CCCCC/C=C\C/C=C\C/C=C\C/C=C\CCCCC. The normalized spacial score (nSPS) is 12.8. The molecule has 0 aromatic carbocycles. The van der Waals surface area contributed by atoms with Gasteiger partial charge in [-0.05, 0) is 148 Å². The molecular formula is C67H106O6. The number of ether oxygens (including phenoxy) is 3. The highest BCUT2D eigenvalue weighted by Gasteiger charge is 2.19. The van der Waals surface area contributed by atoms with Gasteiger partial charge < -0.3 is 14.2 Å². The van der Waals surface area contributed by atoms with Gasteiger partial charge in [-0.2, -0.15) is 0 Å². The first kappa shape index (κ1) is 68.3. The summed E-state index contributed by atoms with van der Waals surface area (Å²) in [5, 5.41) is 0. The van der Waals surface area contributed by atoms with E-state index in [2.05, 4.69) is 167 Å². The Hall–Kier alpha value is -4.71. The first-order chi connectivity index (χ1) is 36.0. The van der Waals surface area contributed by atoms with E-state index in [4.69, 9.17) is 14.2 Å². The molecule has 0 aromatic rings. The molecular weight excluding hydrogens is 901 g/mol. The van der Waals surface area contributed by atoms with Crippen LogP contribution in [0.3, 0.4) is 0 Å². The minimum absolute atomic E-state index is 0.121. The van der Waals surface area contributed by atoms with Gasteiger partial charge in [-0.3, -0.25) is 14.4 Å². The summed E-state index contributed by atoms with van der Waals surface area (Å²) >= 11 is 0. The van der Waals surface area contributed by atoms with Gasteiger partial charge in [0.1, 0.15) is 13.2 Å². The zero-order chi connectivity index (χ0) is 52.9. The smallest absolute Gasteiger partial charge is 0.306 e. The fraction of sp³-hybridized carbons (Fsp3) is 0.597. The van der Waals surface area contributed by atoms with Crippen molar-refractivity contribution >= 4 is 17.9 Å². The molecule has 0 bridgehead atoms. The standard InChI is InChI=1S/C67H106O6/c1-4-7-10-13-16-19-22-25-28-31-33-36-38-41-44-47-50-53-56-59-65(68)71-62-64(73-67(70)61-58-55-52-49-46-43-40-35-30-27-24-21-18-15-12-9-6-3)63-72-66(69)60-57-54-51-48-45-42-39-37-34-32-29-26-23-20-17-14-11-8-5-2/h9,12,16-21,25-30,33-34,36-37,40-45,64H,4-8,10-11,13-15,22-24,31-32,35,38-39,46-63H2,1-3H3/b12-9-,19-16-,20-17-,21-18-,28-25-,29-26-,30-27-,36-33-,37-34-,43-40-,44-41-,45-42-. The van der Waals surface area contributed by atoms with Crippen molar-refractivity contribution in [2.45, 2.75) is 245 Å². The molecule has 0 saturated carbocycles. The third-order valence-electron chi connectivity index (χ3n) is 11.8. The van der Waals surface area contributed by atoms with Crippen LogP contribution in [0.25, 0.3) is 0 Å². The van der Waals surface area contributed by atoms with Gasteiger partial charge in [0.25, 0.3) is 0 Å². The first-order valence-corrected chi connectivity index (χ1v) is 29.3. The van der Waals surface area contributed by atoms with E-state index >= 15 is 0 Å². The Morgan fingerprint density at radius 2 is 0.534 bits per heavy atom. The van der Waals surface area contributed by atoms with Crippen LogP contribution in [0, 0.1) is 0 Å². The summed E-state index contributed by atoms with van der Waals surface area (Å²) in [5.74, 6) is -1.01. The maximum atomic E-state index is 12.9. The highest BCUT2D eigenvalue weighted by atomic mass is 16.6. The predicted molar refractivity (Wildman–Crippen MR) is 315 cm³/mol. The molecule has 0 N–H and O–H groups in total. The molecule has 0 atom stereocenters. The molecule has 6 nitrogen and oxygen atoms in total. The minimum Gasteiger partial charge on any atom is -0.462 e. The quantitative estimate of drug-likeness (QED) is 0.0261. The number of carbonyl (C=O) groups excluding carboxylic acids is 3. The van der Waals surface area contributed by atoms with Gasteiger partial charge in [0.05, 0.1) is 0 Å². The number of unbranched alkanes of at least 4 members (excludes halogenated alkanes) is 16. The highest BCUT2D eigenvalue weighted by molar-refractivity contribution is 5.71. The Kier molecular flexibility index (Phi) is 56.0. The number of hydrogen-bond donors (Lipinski definition) is 0. The Balaban J connectivity index is 4.58. The summed E-state index contributed by atoms with van der Waals surface area (Å²) < 4.78 is 16.8.